The second-order valence-corrected chi connectivity index (χ2v) is 15.4. The molecule has 0 spiro atoms. The number of unbranched alkanes of at least 4 members (excludes halogenated alkanes) is 1. The number of pyridine rings is 1. The van der Waals surface area contributed by atoms with Crippen LogP contribution in [0.3, 0.4) is 0 Å². The summed E-state index contributed by atoms with van der Waals surface area (Å²) in [6.45, 7) is 0.207. The van der Waals surface area contributed by atoms with E-state index in [0.717, 1.165) is 40.1 Å². The van der Waals surface area contributed by atoms with Crippen molar-refractivity contribution in [3.63, 3.8) is 0 Å². The van der Waals surface area contributed by atoms with Crippen LogP contribution in [-0.4, -0.2) is 42.2 Å². The number of halogens is 3. The molecule has 53 heavy (non-hydrogen) atoms. The maximum absolute atomic E-state index is 14.3. The van der Waals surface area contributed by atoms with Crippen LogP contribution in [0.4, 0.5) is 13.2 Å². The van der Waals surface area contributed by atoms with Crippen molar-refractivity contribution in [1.82, 2.24) is 15.6 Å². The van der Waals surface area contributed by atoms with Crippen molar-refractivity contribution >= 4 is 19.4 Å². The molecular formula is C41H37F3N3O5P. The Kier molecular flexibility index (Phi) is 10.3. The van der Waals surface area contributed by atoms with Gasteiger partial charge in [0.05, 0.1) is 43.2 Å². The summed E-state index contributed by atoms with van der Waals surface area (Å²) in [4.78, 5) is 32.0. The third-order valence-corrected chi connectivity index (χ3v) is 11.8. The van der Waals surface area contributed by atoms with Crippen LogP contribution < -0.4 is 10.6 Å². The van der Waals surface area contributed by atoms with Crippen molar-refractivity contribution in [2.75, 3.05) is 19.4 Å². The molecule has 1 saturated heterocycles. The molecule has 1 fully saturated rings. The van der Waals surface area contributed by atoms with Gasteiger partial charge in [0.25, 0.3) is 5.91 Å². The molecule has 0 unspecified atom stereocenters. The first-order valence-corrected chi connectivity index (χ1v) is 19.1. The van der Waals surface area contributed by atoms with Crippen LogP contribution in [0.25, 0.3) is 22.3 Å². The van der Waals surface area contributed by atoms with Crippen LogP contribution in [0.2, 0.25) is 0 Å². The lowest BCUT2D eigenvalue weighted by atomic mass is 9.73. The molecule has 2 heterocycles. The first kappa shape index (κ1) is 36.3. The number of amides is 2. The van der Waals surface area contributed by atoms with E-state index in [1.54, 1.807) is 30.5 Å². The highest BCUT2D eigenvalue weighted by Gasteiger charge is 2.48. The normalized spacial score (nSPS) is 18.8. The molecule has 1 aromatic heterocycles. The Labute approximate surface area is 305 Å². The van der Waals surface area contributed by atoms with Gasteiger partial charge in [-0.15, -0.1) is 0 Å². The molecule has 4 aromatic carbocycles. The smallest absolute Gasteiger partial charge is 0.349 e. The van der Waals surface area contributed by atoms with Crippen LogP contribution in [-0.2, 0) is 36.5 Å². The number of aromatic nitrogens is 1. The number of carbonyl (C=O) groups is 2. The first-order chi connectivity index (χ1) is 25.6. The molecule has 1 aliphatic carbocycles. The SMILES string of the molecule is O=C(NC1COP(=O)(CCCCC2(C(=O)NCc3ccccn3)c3ccccc3-c3ccccc32)OC1)c1ccccc1-c1ccc(C(F)(F)F)cc1. The van der Waals surface area contributed by atoms with Crippen LogP contribution in [0.1, 0.15) is 52.0 Å². The molecule has 1 aliphatic heterocycles. The van der Waals surface area contributed by atoms with Crippen LogP contribution >= 0.6 is 7.60 Å². The molecule has 272 valence electrons. The third kappa shape index (κ3) is 7.55. The van der Waals surface area contributed by atoms with Crippen molar-refractivity contribution < 1.29 is 36.4 Å². The largest absolute Gasteiger partial charge is 0.416 e. The summed E-state index contributed by atoms with van der Waals surface area (Å²) in [6.07, 6.45) is -1.16. The lowest BCUT2D eigenvalue weighted by Crippen LogP contribution is -2.44. The fourth-order valence-electron chi connectivity index (χ4n) is 7.21. The predicted octanol–water partition coefficient (Wildman–Crippen LogP) is 8.56. The molecule has 2 aliphatic rings. The third-order valence-electron chi connectivity index (χ3n) is 9.82. The summed E-state index contributed by atoms with van der Waals surface area (Å²) in [5.41, 5.74) is 4.09. The van der Waals surface area contributed by atoms with E-state index in [4.69, 9.17) is 9.05 Å². The minimum absolute atomic E-state index is 0.0356. The molecule has 12 heteroatoms. The van der Waals surface area contributed by atoms with E-state index in [2.05, 4.69) is 15.6 Å². The summed E-state index contributed by atoms with van der Waals surface area (Å²) in [6, 6.07) is 32.1. The molecule has 8 nitrogen and oxygen atoms in total. The topological polar surface area (TPSA) is 107 Å². The molecule has 2 amide bonds. The Balaban J connectivity index is 0.982. The number of rotatable bonds is 11. The second kappa shape index (κ2) is 15.1. The summed E-state index contributed by atoms with van der Waals surface area (Å²) < 4.78 is 64.4. The van der Waals surface area contributed by atoms with Crippen LogP contribution in [0.5, 0.6) is 0 Å². The zero-order chi connectivity index (χ0) is 37.1. The minimum atomic E-state index is -4.47. The quantitative estimate of drug-likeness (QED) is 0.104. The molecule has 0 atom stereocenters. The Morgan fingerprint density at radius 2 is 1.38 bits per heavy atom. The molecule has 2 N–H and O–H groups in total. The first-order valence-electron chi connectivity index (χ1n) is 17.4. The maximum atomic E-state index is 14.3. The van der Waals surface area contributed by atoms with Crippen molar-refractivity contribution in [3.05, 3.63) is 149 Å². The van der Waals surface area contributed by atoms with Gasteiger partial charge in [0.1, 0.15) is 5.41 Å². The second-order valence-electron chi connectivity index (χ2n) is 13.2. The molecule has 5 aromatic rings. The molecule has 7 rings (SSSR count). The number of nitrogens with zero attached hydrogens (tertiary/aromatic N) is 1. The van der Waals surface area contributed by atoms with Crippen LogP contribution in [0, 0.1) is 0 Å². The van der Waals surface area contributed by atoms with Gasteiger partial charge in [-0.2, -0.15) is 13.2 Å². The molecule has 0 saturated carbocycles. The van der Waals surface area contributed by atoms with Gasteiger partial charge in [-0.05, 0) is 76.6 Å². The fourth-order valence-corrected chi connectivity index (χ4v) is 8.97. The number of alkyl halides is 3. The van der Waals surface area contributed by atoms with Gasteiger partial charge in [-0.25, -0.2) is 0 Å². The van der Waals surface area contributed by atoms with Crippen molar-refractivity contribution in [2.45, 2.75) is 43.4 Å². The highest BCUT2D eigenvalue weighted by atomic mass is 31.2. The van der Waals surface area contributed by atoms with Gasteiger partial charge in [-0.1, -0.05) is 91.3 Å². The van der Waals surface area contributed by atoms with Crippen molar-refractivity contribution in [1.29, 1.82) is 0 Å². The van der Waals surface area contributed by atoms with E-state index < -0.39 is 36.7 Å². The Hall–Kier alpha value is -5.09. The highest BCUT2D eigenvalue weighted by molar-refractivity contribution is 7.53. The van der Waals surface area contributed by atoms with E-state index in [-0.39, 0.29) is 37.4 Å². The number of fused-ring (bicyclic) bond motifs is 3. The van der Waals surface area contributed by atoms with Gasteiger partial charge < -0.3 is 19.7 Å². The summed E-state index contributed by atoms with van der Waals surface area (Å²) >= 11 is 0. The van der Waals surface area contributed by atoms with E-state index in [0.29, 0.717) is 30.4 Å². The summed E-state index contributed by atoms with van der Waals surface area (Å²) in [7, 11) is -3.49. The average Bonchev–Trinajstić information content (AvgIpc) is 3.47. The molecular weight excluding hydrogens is 702 g/mol. The maximum Gasteiger partial charge on any atom is 0.416 e. The van der Waals surface area contributed by atoms with Crippen molar-refractivity contribution in [3.8, 4) is 22.3 Å². The molecule has 0 radical (unpaired) electrons. The van der Waals surface area contributed by atoms with Crippen LogP contribution in [0.15, 0.2) is 121 Å². The Bertz CT molecular complexity index is 2100. The van der Waals surface area contributed by atoms with E-state index in [1.807, 2.05) is 66.7 Å². The van der Waals surface area contributed by atoms with Gasteiger partial charge in [0.2, 0.25) is 5.91 Å². The number of nitrogens with one attached hydrogen (secondary N) is 2. The van der Waals surface area contributed by atoms with Gasteiger partial charge >= 0.3 is 13.8 Å². The number of benzene rings is 4. The monoisotopic (exact) mass is 739 g/mol. The minimum Gasteiger partial charge on any atom is -0.349 e. The highest BCUT2D eigenvalue weighted by Crippen LogP contribution is 2.54. The number of hydrogen-bond acceptors (Lipinski definition) is 6. The van der Waals surface area contributed by atoms with E-state index in [1.165, 1.54) is 12.1 Å². The Morgan fingerprint density at radius 3 is 2.00 bits per heavy atom. The van der Waals surface area contributed by atoms with Crippen molar-refractivity contribution in [2.24, 2.45) is 0 Å². The Morgan fingerprint density at radius 1 is 0.774 bits per heavy atom. The lowest BCUT2D eigenvalue weighted by molar-refractivity contribution is -0.137. The van der Waals surface area contributed by atoms with E-state index in [9.17, 15) is 27.3 Å². The standard InChI is InChI=1S/C41H37F3N3O5P/c42-41(43,44)29-20-18-28(19-21-29)32-12-1-2-15-35(32)38(48)47-31-26-51-53(50,52-27-31)24-10-8-22-40(39(49)46-25-30-11-7-9-23-45-30)36-16-5-3-13-33(36)34-14-4-6-17-37(34)40/h1-7,9,11-21,23,31H,8,10,22,24-27H2,(H,46,49)(H,47,48). The average molecular weight is 740 g/mol. The summed E-state index contributed by atoms with van der Waals surface area (Å²) in [5.74, 6) is -0.589. The zero-order valence-corrected chi connectivity index (χ0v) is 29.5. The number of carbonyl (C=O) groups excluding carboxylic acids is 2. The van der Waals surface area contributed by atoms with Gasteiger partial charge in [0, 0.05) is 11.8 Å². The van der Waals surface area contributed by atoms with E-state index >= 15 is 0 Å². The fraction of sp³-hybridized carbons (Fsp3) is 0.244. The van der Waals surface area contributed by atoms with Gasteiger partial charge in [-0.3, -0.25) is 19.1 Å². The molecule has 0 bridgehead atoms. The zero-order valence-electron chi connectivity index (χ0n) is 28.6. The summed E-state index contributed by atoms with van der Waals surface area (Å²) in [5, 5.41) is 5.98. The number of hydrogen-bond donors (Lipinski definition) is 2. The van der Waals surface area contributed by atoms with Gasteiger partial charge in [0.15, 0.2) is 0 Å². The predicted molar refractivity (Wildman–Crippen MR) is 195 cm³/mol. The lowest BCUT2D eigenvalue weighted by Gasteiger charge is -2.32.